The van der Waals surface area contributed by atoms with Gasteiger partial charge in [-0.15, -0.1) is 0 Å². The summed E-state index contributed by atoms with van der Waals surface area (Å²) in [4.78, 5) is 0. The molecule has 0 spiro atoms. The molecule has 0 saturated heterocycles. The van der Waals surface area contributed by atoms with Crippen molar-refractivity contribution in [2.75, 3.05) is 14.2 Å². The molecule has 3 nitrogen and oxygen atoms in total. The monoisotopic (exact) mass is 185 g/mol. The highest BCUT2D eigenvalue weighted by Crippen LogP contribution is 2.08. The van der Waals surface area contributed by atoms with E-state index in [9.17, 15) is 0 Å². The molecule has 0 rings (SSSR count). The molecule has 0 bridgehead atoms. The highest BCUT2D eigenvalue weighted by atomic mass is 16.7. The van der Waals surface area contributed by atoms with Crippen molar-refractivity contribution in [3.63, 3.8) is 0 Å². The maximum absolute atomic E-state index is 8.30. The van der Waals surface area contributed by atoms with Gasteiger partial charge in [0.05, 0.1) is 6.07 Å². The third-order valence-corrected chi connectivity index (χ3v) is 2.00. The molecule has 0 aromatic heterocycles. The summed E-state index contributed by atoms with van der Waals surface area (Å²) in [6.07, 6.45) is 5.98. The van der Waals surface area contributed by atoms with E-state index in [-0.39, 0.29) is 6.29 Å². The minimum Gasteiger partial charge on any atom is -0.356 e. The molecule has 0 radical (unpaired) electrons. The van der Waals surface area contributed by atoms with Crippen LogP contribution in [-0.2, 0) is 9.47 Å². The van der Waals surface area contributed by atoms with Gasteiger partial charge < -0.3 is 9.47 Å². The van der Waals surface area contributed by atoms with Crippen molar-refractivity contribution in [3.05, 3.63) is 0 Å². The number of ether oxygens (including phenoxy) is 2. The van der Waals surface area contributed by atoms with E-state index in [1.54, 1.807) is 14.2 Å². The number of hydrogen-bond donors (Lipinski definition) is 0. The summed E-state index contributed by atoms with van der Waals surface area (Å²) in [5.41, 5.74) is 0. The third kappa shape index (κ3) is 7.76. The molecule has 0 atom stereocenters. The van der Waals surface area contributed by atoms with Crippen LogP contribution in [0, 0.1) is 11.3 Å². The summed E-state index contributed by atoms with van der Waals surface area (Å²) in [6.45, 7) is 0. The Morgan fingerprint density at radius 1 is 1.08 bits per heavy atom. The molecule has 76 valence electrons. The van der Waals surface area contributed by atoms with Crippen molar-refractivity contribution < 1.29 is 9.47 Å². The van der Waals surface area contributed by atoms with Gasteiger partial charge >= 0.3 is 0 Å². The van der Waals surface area contributed by atoms with Crippen molar-refractivity contribution in [2.24, 2.45) is 0 Å². The average Bonchev–Trinajstić information content (AvgIpc) is 2.17. The smallest absolute Gasteiger partial charge is 0.156 e. The number of nitriles is 1. The second-order valence-corrected chi connectivity index (χ2v) is 3.01. The molecule has 0 aliphatic rings. The molecule has 0 heterocycles. The van der Waals surface area contributed by atoms with Gasteiger partial charge in [0, 0.05) is 20.6 Å². The first-order valence-corrected chi connectivity index (χ1v) is 4.77. The minimum absolute atomic E-state index is 0.0593. The maximum atomic E-state index is 8.30. The summed E-state index contributed by atoms with van der Waals surface area (Å²) >= 11 is 0. The van der Waals surface area contributed by atoms with E-state index in [4.69, 9.17) is 14.7 Å². The Bertz CT molecular complexity index is 138. The van der Waals surface area contributed by atoms with Gasteiger partial charge in [0.15, 0.2) is 6.29 Å². The van der Waals surface area contributed by atoms with Crippen LogP contribution in [0.3, 0.4) is 0 Å². The molecule has 13 heavy (non-hydrogen) atoms. The minimum atomic E-state index is -0.0593. The Labute approximate surface area is 80.6 Å². The van der Waals surface area contributed by atoms with Crippen LogP contribution in [0.5, 0.6) is 0 Å². The lowest BCUT2D eigenvalue weighted by atomic mass is 10.1. The van der Waals surface area contributed by atoms with Crippen LogP contribution in [0.25, 0.3) is 0 Å². The third-order valence-electron chi connectivity index (χ3n) is 2.00. The van der Waals surface area contributed by atoms with Crippen molar-refractivity contribution in [2.45, 2.75) is 44.8 Å². The lowest BCUT2D eigenvalue weighted by Gasteiger charge is -2.12. The van der Waals surface area contributed by atoms with Gasteiger partial charge in [-0.3, -0.25) is 0 Å². The van der Waals surface area contributed by atoms with Crippen molar-refractivity contribution in [1.29, 1.82) is 5.26 Å². The highest BCUT2D eigenvalue weighted by Gasteiger charge is 2.03. The van der Waals surface area contributed by atoms with Crippen molar-refractivity contribution in [3.8, 4) is 6.07 Å². The van der Waals surface area contributed by atoms with Gasteiger partial charge in [0.2, 0.25) is 0 Å². The largest absolute Gasteiger partial charge is 0.356 e. The Hall–Kier alpha value is -0.590. The predicted molar refractivity (Wildman–Crippen MR) is 51.1 cm³/mol. The van der Waals surface area contributed by atoms with Crippen LogP contribution in [0.4, 0.5) is 0 Å². The van der Waals surface area contributed by atoms with Crippen LogP contribution in [0.15, 0.2) is 0 Å². The van der Waals surface area contributed by atoms with Crippen LogP contribution >= 0.6 is 0 Å². The van der Waals surface area contributed by atoms with E-state index < -0.39 is 0 Å². The first-order chi connectivity index (χ1) is 6.35. The second kappa shape index (κ2) is 9.50. The first-order valence-electron chi connectivity index (χ1n) is 4.77. The Balaban J connectivity index is 3.11. The van der Waals surface area contributed by atoms with Crippen molar-refractivity contribution in [1.82, 2.24) is 0 Å². The standard InChI is InChI=1S/C10H19NO2/c1-12-10(13-2)8-6-4-3-5-7-9-11/h10H,3-8H2,1-2H3. The van der Waals surface area contributed by atoms with Gasteiger partial charge in [-0.25, -0.2) is 0 Å². The molecule has 0 aliphatic heterocycles. The molecule has 0 unspecified atom stereocenters. The maximum Gasteiger partial charge on any atom is 0.156 e. The molecule has 3 heteroatoms. The van der Waals surface area contributed by atoms with Crippen LogP contribution < -0.4 is 0 Å². The van der Waals surface area contributed by atoms with Crippen LogP contribution in [0.1, 0.15) is 38.5 Å². The molecular formula is C10H19NO2. The molecule has 0 saturated carbocycles. The van der Waals surface area contributed by atoms with E-state index in [0.29, 0.717) is 6.42 Å². The van der Waals surface area contributed by atoms with Crippen LogP contribution in [-0.4, -0.2) is 20.5 Å². The van der Waals surface area contributed by atoms with Gasteiger partial charge in [-0.2, -0.15) is 5.26 Å². The molecular weight excluding hydrogens is 166 g/mol. The summed E-state index contributed by atoms with van der Waals surface area (Å²) < 4.78 is 10.1. The SMILES string of the molecule is COC(CCCCCCC#N)OC. The molecule has 0 aliphatic carbocycles. The summed E-state index contributed by atoms with van der Waals surface area (Å²) in [7, 11) is 3.31. The molecule has 0 N–H and O–H groups in total. The Morgan fingerprint density at radius 3 is 2.23 bits per heavy atom. The van der Waals surface area contributed by atoms with Gasteiger partial charge in [-0.1, -0.05) is 12.8 Å². The van der Waals surface area contributed by atoms with Crippen molar-refractivity contribution >= 4 is 0 Å². The molecule has 0 aromatic carbocycles. The van der Waals surface area contributed by atoms with E-state index in [1.807, 2.05) is 0 Å². The van der Waals surface area contributed by atoms with E-state index in [0.717, 1.165) is 32.1 Å². The average molecular weight is 185 g/mol. The number of nitrogens with zero attached hydrogens (tertiary/aromatic N) is 1. The van der Waals surface area contributed by atoms with Gasteiger partial charge in [0.25, 0.3) is 0 Å². The zero-order valence-corrected chi connectivity index (χ0v) is 8.58. The highest BCUT2D eigenvalue weighted by molar-refractivity contribution is 4.67. The van der Waals surface area contributed by atoms with Crippen LogP contribution in [0.2, 0.25) is 0 Å². The van der Waals surface area contributed by atoms with Gasteiger partial charge in [0.1, 0.15) is 0 Å². The quantitative estimate of drug-likeness (QED) is 0.431. The van der Waals surface area contributed by atoms with E-state index in [2.05, 4.69) is 6.07 Å². The number of methoxy groups -OCH3 is 2. The lowest BCUT2D eigenvalue weighted by Crippen LogP contribution is -2.12. The summed E-state index contributed by atoms with van der Waals surface area (Å²) in [6, 6.07) is 2.14. The van der Waals surface area contributed by atoms with E-state index in [1.165, 1.54) is 0 Å². The molecule has 0 aromatic rings. The van der Waals surface area contributed by atoms with E-state index >= 15 is 0 Å². The number of hydrogen-bond acceptors (Lipinski definition) is 3. The molecule has 0 amide bonds. The number of rotatable bonds is 8. The topological polar surface area (TPSA) is 42.2 Å². The molecule has 0 fully saturated rings. The Morgan fingerprint density at radius 2 is 1.69 bits per heavy atom. The second-order valence-electron chi connectivity index (χ2n) is 3.01. The Kier molecular flexibility index (Phi) is 9.07. The normalized spacial score (nSPS) is 10.3. The fraction of sp³-hybridized carbons (Fsp3) is 0.900. The summed E-state index contributed by atoms with van der Waals surface area (Å²) in [5, 5.41) is 8.30. The predicted octanol–water partition coefficient (Wildman–Crippen LogP) is 2.47. The number of unbranched alkanes of at least 4 members (excludes halogenated alkanes) is 4. The summed E-state index contributed by atoms with van der Waals surface area (Å²) in [5.74, 6) is 0. The fourth-order valence-corrected chi connectivity index (χ4v) is 1.20. The zero-order valence-electron chi connectivity index (χ0n) is 8.58. The van der Waals surface area contributed by atoms with Gasteiger partial charge in [-0.05, 0) is 19.3 Å². The zero-order chi connectivity index (χ0) is 9.94. The fourth-order valence-electron chi connectivity index (χ4n) is 1.20. The lowest BCUT2D eigenvalue weighted by molar-refractivity contribution is -0.107. The first kappa shape index (κ1) is 12.4.